The zero-order valence-corrected chi connectivity index (χ0v) is 14.8. The second-order valence-electron chi connectivity index (χ2n) is 6.10. The Labute approximate surface area is 153 Å². The molecule has 0 fully saturated rings. The fraction of sp³-hybridized carbons (Fsp3) is 0.263. The van der Waals surface area contributed by atoms with Crippen LogP contribution in [-0.4, -0.2) is 25.6 Å². The predicted molar refractivity (Wildman–Crippen MR) is 97.3 cm³/mol. The van der Waals surface area contributed by atoms with Gasteiger partial charge in [0.2, 0.25) is 0 Å². The second kappa shape index (κ2) is 6.17. The minimum absolute atomic E-state index is 0.157. The number of carbonyl (C=O) groups excluding carboxylic acids is 1. The number of rotatable bonds is 0. The standard InChI is InChI=1S/C17H11N3O5.C2H6/c21-14-8-4-12-13-7(3-9-11(19-13)1-2-18-15(9)22)5-20(12)16(23)10(8)6-25-17(14)24;1-2/h1-4,14,21H,5-6H2,(H,18,22);1-2H3. The number of nitrogens with one attached hydrogen (secondary N) is 1. The highest BCUT2D eigenvalue weighted by Gasteiger charge is 2.33. The van der Waals surface area contributed by atoms with E-state index in [0.29, 0.717) is 22.3 Å². The maximum atomic E-state index is 12.8. The van der Waals surface area contributed by atoms with E-state index in [1.165, 1.54) is 10.8 Å². The highest BCUT2D eigenvalue weighted by molar-refractivity contribution is 5.84. The fourth-order valence-corrected chi connectivity index (χ4v) is 3.46. The van der Waals surface area contributed by atoms with Crippen LogP contribution in [0.3, 0.4) is 0 Å². The minimum Gasteiger partial charge on any atom is -0.458 e. The molecule has 1 atom stereocenters. The van der Waals surface area contributed by atoms with Crippen LogP contribution in [0.1, 0.15) is 36.6 Å². The Morgan fingerprint density at radius 1 is 1.26 bits per heavy atom. The number of fused-ring (bicyclic) bond motifs is 5. The molecule has 2 aliphatic heterocycles. The average molecular weight is 367 g/mol. The third kappa shape index (κ3) is 2.41. The van der Waals surface area contributed by atoms with Gasteiger partial charge in [0.1, 0.15) is 6.61 Å². The number of ether oxygens (including phenoxy) is 1. The number of cyclic esters (lactones) is 1. The van der Waals surface area contributed by atoms with Crippen LogP contribution >= 0.6 is 0 Å². The number of H-pyrrole nitrogens is 1. The summed E-state index contributed by atoms with van der Waals surface area (Å²) < 4.78 is 6.37. The molecular weight excluding hydrogens is 350 g/mol. The number of aliphatic hydroxyl groups is 1. The molecule has 5 rings (SSSR count). The van der Waals surface area contributed by atoms with Gasteiger partial charge in [0, 0.05) is 17.3 Å². The zero-order valence-electron chi connectivity index (χ0n) is 14.8. The van der Waals surface area contributed by atoms with Gasteiger partial charge in [-0.3, -0.25) is 9.59 Å². The average Bonchev–Trinajstić information content (AvgIpc) is 3.04. The smallest absolute Gasteiger partial charge is 0.340 e. The van der Waals surface area contributed by atoms with Crippen LogP contribution < -0.4 is 11.1 Å². The highest BCUT2D eigenvalue weighted by atomic mass is 16.5. The van der Waals surface area contributed by atoms with Crippen molar-refractivity contribution in [3.05, 3.63) is 61.8 Å². The van der Waals surface area contributed by atoms with E-state index in [9.17, 15) is 19.5 Å². The molecule has 2 aliphatic rings. The summed E-state index contributed by atoms with van der Waals surface area (Å²) >= 11 is 0. The molecule has 2 N–H and O–H groups in total. The molecule has 0 saturated heterocycles. The maximum Gasteiger partial charge on any atom is 0.340 e. The van der Waals surface area contributed by atoms with Crippen molar-refractivity contribution in [3.8, 4) is 11.4 Å². The predicted octanol–water partition coefficient (Wildman–Crippen LogP) is 1.23. The molecule has 0 radical (unpaired) electrons. The van der Waals surface area contributed by atoms with Crippen molar-refractivity contribution in [2.45, 2.75) is 33.1 Å². The summed E-state index contributed by atoms with van der Waals surface area (Å²) in [5, 5.41) is 10.5. The molecule has 3 aromatic rings. The van der Waals surface area contributed by atoms with Gasteiger partial charge in [0.15, 0.2) is 6.10 Å². The molecule has 138 valence electrons. The topological polar surface area (TPSA) is 114 Å². The van der Waals surface area contributed by atoms with Crippen LogP contribution in [0.2, 0.25) is 0 Å². The van der Waals surface area contributed by atoms with E-state index in [2.05, 4.69) is 9.97 Å². The molecule has 3 aromatic heterocycles. The number of aliphatic hydroxyl groups excluding tert-OH is 1. The first-order valence-corrected chi connectivity index (χ1v) is 8.67. The normalized spacial score (nSPS) is 16.7. The summed E-state index contributed by atoms with van der Waals surface area (Å²) in [4.78, 5) is 43.4. The molecule has 27 heavy (non-hydrogen) atoms. The van der Waals surface area contributed by atoms with Gasteiger partial charge in [-0.15, -0.1) is 0 Å². The van der Waals surface area contributed by atoms with Gasteiger partial charge in [0.05, 0.1) is 34.4 Å². The van der Waals surface area contributed by atoms with Crippen molar-refractivity contribution in [1.82, 2.24) is 14.5 Å². The third-order valence-electron chi connectivity index (χ3n) is 4.71. The number of carbonyl (C=O) groups is 1. The number of aromatic nitrogens is 3. The Hall–Kier alpha value is -3.26. The molecule has 0 spiro atoms. The van der Waals surface area contributed by atoms with E-state index < -0.39 is 12.1 Å². The molecule has 0 bridgehead atoms. The van der Waals surface area contributed by atoms with Gasteiger partial charge < -0.3 is 19.4 Å². The molecule has 5 heterocycles. The molecule has 0 amide bonds. The molecule has 0 saturated carbocycles. The van der Waals surface area contributed by atoms with Crippen LogP contribution in [0, 0.1) is 0 Å². The quantitative estimate of drug-likeness (QED) is 0.452. The number of hydrogen-bond acceptors (Lipinski definition) is 6. The van der Waals surface area contributed by atoms with Crippen molar-refractivity contribution in [2.75, 3.05) is 0 Å². The van der Waals surface area contributed by atoms with Gasteiger partial charge in [-0.1, -0.05) is 13.8 Å². The molecule has 8 nitrogen and oxygen atoms in total. The highest BCUT2D eigenvalue weighted by Crippen LogP contribution is 2.34. The Morgan fingerprint density at radius 3 is 2.81 bits per heavy atom. The fourth-order valence-electron chi connectivity index (χ4n) is 3.46. The lowest BCUT2D eigenvalue weighted by Crippen LogP contribution is -2.32. The van der Waals surface area contributed by atoms with Gasteiger partial charge in [0.25, 0.3) is 11.1 Å². The lowest BCUT2D eigenvalue weighted by atomic mass is 10.0. The van der Waals surface area contributed by atoms with E-state index in [1.54, 1.807) is 18.2 Å². The summed E-state index contributed by atoms with van der Waals surface area (Å²) in [6, 6.07) is 5.02. The Morgan fingerprint density at radius 2 is 2.04 bits per heavy atom. The monoisotopic (exact) mass is 367 g/mol. The Bertz CT molecular complexity index is 1210. The number of pyridine rings is 3. The van der Waals surface area contributed by atoms with Crippen molar-refractivity contribution in [3.63, 3.8) is 0 Å². The van der Waals surface area contributed by atoms with E-state index in [4.69, 9.17) is 4.74 Å². The summed E-state index contributed by atoms with van der Waals surface area (Å²) in [6.07, 6.45) is 0.0355. The second-order valence-corrected chi connectivity index (χ2v) is 6.10. The largest absolute Gasteiger partial charge is 0.458 e. The van der Waals surface area contributed by atoms with Gasteiger partial charge in [-0.2, -0.15) is 0 Å². The molecule has 1 unspecified atom stereocenters. The molecule has 0 aliphatic carbocycles. The first kappa shape index (κ1) is 17.2. The number of nitrogens with zero attached hydrogens (tertiary/aromatic N) is 2. The number of esters is 1. The van der Waals surface area contributed by atoms with E-state index >= 15 is 0 Å². The lowest BCUT2D eigenvalue weighted by molar-refractivity contribution is -0.157. The lowest BCUT2D eigenvalue weighted by Gasteiger charge is -2.21. The number of aromatic amines is 1. The van der Waals surface area contributed by atoms with Crippen LogP contribution in [0.25, 0.3) is 22.3 Å². The van der Waals surface area contributed by atoms with Crippen LogP contribution in [0.5, 0.6) is 0 Å². The third-order valence-corrected chi connectivity index (χ3v) is 4.71. The summed E-state index contributed by atoms with van der Waals surface area (Å²) in [5.41, 5.74) is 2.31. The van der Waals surface area contributed by atoms with E-state index in [0.717, 1.165) is 5.56 Å². The molecular formula is C19H17N3O5. The first-order chi connectivity index (χ1) is 13.0. The summed E-state index contributed by atoms with van der Waals surface area (Å²) in [5.74, 6) is -0.770. The van der Waals surface area contributed by atoms with Crippen LogP contribution in [0.4, 0.5) is 0 Å². The van der Waals surface area contributed by atoms with Crippen molar-refractivity contribution in [2.24, 2.45) is 0 Å². The van der Waals surface area contributed by atoms with Crippen LogP contribution in [0.15, 0.2) is 34.0 Å². The Kier molecular flexibility index (Phi) is 3.92. The van der Waals surface area contributed by atoms with E-state index in [1.807, 2.05) is 13.8 Å². The van der Waals surface area contributed by atoms with Crippen molar-refractivity contribution in [1.29, 1.82) is 0 Å². The SMILES string of the molecule is CC.O=C1OCc2c(cc3n(c2=O)Cc2cc4c(=O)[nH]ccc4nc2-3)C1O. The minimum atomic E-state index is -1.48. The summed E-state index contributed by atoms with van der Waals surface area (Å²) in [7, 11) is 0. The maximum absolute atomic E-state index is 12.8. The van der Waals surface area contributed by atoms with Gasteiger partial charge in [-0.25, -0.2) is 9.78 Å². The zero-order chi connectivity index (χ0) is 19.3. The molecule has 0 aromatic carbocycles. The molecule has 8 heteroatoms. The summed E-state index contributed by atoms with van der Waals surface area (Å²) in [6.45, 7) is 4.12. The first-order valence-electron chi connectivity index (χ1n) is 8.67. The van der Waals surface area contributed by atoms with Crippen molar-refractivity contribution < 1.29 is 14.6 Å². The van der Waals surface area contributed by atoms with Gasteiger partial charge in [-0.05, 0) is 18.2 Å². The van der Waals surface area contributed by atoms with Gasteiger partial charge >= 0.3 is 5.97 Å². The van der Waals surface area contributed by atoms with Crippen molar-refractivity contribution >= 4 is 16.9 Å². The Balaban J connectivity index is 0.000000872. The van der Waals surface area contributed by atoms with Crippen LogP contribution in [-0.2, 0) is 22.7 Å². The van der Waals surface area contributed by atoms with E-state index in [-0.39, 0.29) is 35.4 Å². The number of hydrogen-bond donors (Lipinski definition) is 2.